The highest BCUT2D eigenvalue weighted by molar-refractivity contribution is 5.80. The average Bonchev–Trinajstić information content (AvgIpc) is 2.33. The Balaban J connectivity index is 2.52. The molecule has 1 aromatic rings. The number of hydrogen-bond acceptors (Lipinski definition) is 4. The van der Waals surface area contributed by atoms with Crippen LogP contribution in [-0.4, -0.2) is 23.9 Å². The Morgan fingerprint density at radius 3 is 2.63 bits per heavy atom. The lowest BCUT2D eigenvalue weighted by molar-refractivity contribution is -0.385. The molecular formula is C13H19N3O3. The van der Waals surface area contributed by atoms with Crippen LogP contribution < -0.4 is 10.6 Å². The number of nitro groups is 1. The first-order valence-electron chi connectivity index (χ1n) is 6.15. The van der Waals surface area contributed by atoms with E-state index in [1.165, 1.54) is 6.07 Å². The molecule has 6 heteroatoms. The number of benzene rings is 1. The van der Waals surface area contributed by atoms with Crippen LogP contribution in [0.1, 0.15) is 19.4 Å². The Morgan fingerprint density at radius 1 is 1.42 bits per heavy atom. The summed E-state index contributed by atoms with van der Waals surface area (Å²) >= 11 is 0. The van der Waals surface area contributed by atoms with E-state index < -0.39 is 4.92 Å². The van der Waals surface area contributed by atoms with Gasteiger partial charge in [-0.2, -0.15) is 0 Å². The quantitative estimate of drug-likeness (QED) is 0.609. The second kappa shape index (κ2) is 6.72. The molecule has 1 rings (SSSR count). The zero-order valence-corrected chi connectivity index (χ0v) is 11.4. The number of nitrogens with zero attached hydrogens (tertiary/aromatic N) is 1. The van der Waals surface area contributed by atoms with Crippen LogP contribution in [0, 0.1) is 23.0 Å². The molecule has 1 aromatic carbocycles. The average molecular weight is 265 g/mol. The van der Waals surface area contributed by atoms with Gasteiger partial charge in [0.05, 0.1) is 11.5 Å². The summed E-state index contributed by atoms with van der Waals surface area (Å²) in [5, 5.41) is 16.4. The molecular weight excluding hydrogens is 246 g/mol. The van der Waals surface area contributed by atoms with Crippen molar-refractivity contribution in [3.8, 4) is 0 Å². The molecule has 0 spiro atoms. The van der Waals surface area contributed by atoms with Gasteiger partial charge in [0.15, 0.2) is 0 Å². The fourth-order valence-corrected chi connectivity index (χ4v) is 1.53. The third kappa shape index (κ3) is 4.95. The van der Waals surface area contributed by atoms with Crippen LogP contribution in [0.15, 0.2) is 18.2 Å². The molecule has 1 amide bonds. The largest absolute Gasteiger partial charge is 0.376 e. The molecule has 0 bridgehead atoms. The van der Waals surface area contributed by atoms with E-state index in [1.807, 2.05) is 13.8 Å². The zero-order valence-electron chi connectivity index (χ0n) is 11.4. The lowest BCUT2D eigenvalue weighted by atomic mass is 10.2. The highest BCUT2D eigenvalue weighted by atomic mass is 16.6. The third-order valence-electron chi connectivity index (χ3n) is 2.55. The molecule has 0 fully saturated rings. The number of rotatable bonds is 6. The van der Waals surface area contributed by atoms with Gasteiger partial charge >= 0.3 is 0 Å². The summed E-state index contributed by atoms with van der Waals surface area (Å²) in [6, 6.07) is 4.69. The van der Waals surface area contributed by atoms with Gasteiger partial charge in [0.1, 0.15) is 0 Å². The molecule has 2 N–H and O–H groups in total. The summed E-state index contributed by atoms with van der Waals surface area (Å²) in [6.45, 7) is 6.51. The van der Waals surface area contributed by atoms with Crippen molar-refractivity contribution in [2.45, 2.75) is 20.8 Å². The molecule has 0 saturated carbocycles. The highest BCUT2D eigenvalue weighted by Crippen LogP contribution is 2.21. The predicted octanol–water partition coefficient (Wildman–Crippen LogP) is 2.09. The Kier molecular flexibility index (Phi) is 5.29. The Morgan fingerprint density at radius 2 is 2.11 bits per heavy atom. The third-order valence-corrected chi connectivity index (χ3v) is 2.55. The lowest BCUT2D eigenvalue weighted by Crippen LogP contribution is -2.32. The van der Waals surface area contributed by atoms with E-state index >= 15 is 0 Å². The van der Waals surface area contributed by atoms with E-state index in [0.717, 1.165) is 0 Å². The van der Waals surface area contributed by atoms with Crippen LogP contribution in [-0.2, 0) is 4.79 Å². The molecule has 0 aromatic heterocycles. The fraction of sp³-hybridized carbons (Fsp3) is 0.462. The summed E-state index contributed by atoms with van der Waals surface area (Å²) in [5.74, 6) is 0.315. The highest BCUT2D eigenvalue weighted by Gasteiger charge is 2.10. The molecule has 0 saturated heterocycles. The topological polar surface area (TPSA) is 84.3 Å². The van der Waals surface area contributed by atoms with Gasteiger partial charge in [-0.3, -0.25) is 14.9 Å². The molecule has 0 radical (unpaired) electrons. The summed E-state index contributed by atoms with van der Waals surface area (Å²) < 4.78 is 0. The molecule has 0 aliphatic rings. The maximum absolute atomic E-state index is 11.5. The summed E-state index contributed by atoms with van der Waals surface area (Å²) in [7, 11) is 0. The van der Waals surface area contributed by atoms with Crippen molar-refractivity contribution >= 4 is 17.3 Å². The van der Waals surface area contributed by atoms with E-state index in [0.29, 0.717) is 23.7 Å². The number of nitro benzene ring substituents is 1. The first-order chi connectivity index (χ1) is 8.90. The molecule has 6 nitrogen and oxygen atoms in total. The van der Waals surface area contributed by atoms with Gasteiger partial charge in [-0.25, -0.2) is 0 Å². The molecule has 0 aliphatic heterocycles. The van der Waals surface area contributed by atoms with Gasteiger partial charge in [0.25, 0.3) is 5.69 Å². The van der Waals surface area contributed by atoms with Crippen LogP contribution in [0.3, 0.4) is 0 Å². The first-order valence-corrected chi connectivity index (χ1v) is 6.15. The van der Waals surface area contributed by atoms with Crippen molar-refractivity contribution in [1.82, 2.24) is 5.32 Å². The number of hydrogen-bond donors (Lipinski definition) is 2. The zero-order chi connectivity index (χ0) is 14.4. The minimum atomic E-state index is -0.422. The van der Waals surface area contributed by atoms with Gasteiger partial charge in [-0.05, 0) is 25.0 Å². The van der Waals surface area contributed by atoms with Gasteiger partial charge < -0.3 is 10.6 Å². The van der Waals surface area contributed by atoms with E-state index in [4.69, 9.17) is 0 Å². The molecule has 19 heavy (non-hydrogen) atoms. The predicted molar refractivity (Wildman–Crippen MR) is 74.2 cm³/mol. The van der Waals surface area contributed by atoms with E-state index in [-0.39, 0.29) is 18.1 Å². The van der Waals surface area contributed by atoms with Gasteiger partial charge in [-0.1, -0.05) is 13.8 Å². The maximum Gasteiger partial charge on any atom is 0.272 e. The van der Waals surface area contributed by atoms with Gasteiger partial charge in [0, 0.05) is 23.9 Å². The number of amides is 1. The SMILES string of the molecule is Cc1cc(NCC(=O)NCC(C)C)ccc1[N+](=O)[O-]. The second-order valence-corrected chi connectivity index (χ2v) is 4.81. The number of anilines is 1. The number of carbonyl (C=O) groups excluding carboxylic acids is 1. The molecule has 0 aliphatic carbocycles. The Hall–Kier alpha value is -2.11. The van der Waals surface area contributed by atoms with Crippen molar-refractivity contribution in [3.63, 3.8) is 0 Å². The van der Waals surface area contributed by atoms with Crippen LogP contribution in [0.2, 0.25) is 0 Å². The smallest absolute Gasteiger partial charge is 0.272 e. The number of carbonyl (C=O) groups is 1. The normalized spacial score (nSPS) is 10.3. The fourth-order valence-electron chi connectivity index (χ4n) is 1.53. The van der Waals surface area contributed by atoms with Crippen molar-refractivity contribution < 1.29 is 9.72 Å². The van der Waals surface area contributed by atoms with Crippen LogP contribution in [0.4, 0.5) is 11.4 Å². The molecule has 0 heterocycles. The molecule has 104 valence electrons. The monoisotopic (exact) mass is 265 g/mol. The van der Waals surface area contributed by atoms with Gasteiger partial charge in [0.2, 0.25) is 5.91 Å². The van der Waals surface area contributed by atoms with E-state index in [1.54, 1.807) is 19.1 Å². The second-order valence-electron chi connectivity index (χ2n) is 4.81. The van der Waals surface area contributed by atoms with Gasteiger partial charge in [-0.15, -0.1) is 0 Å². The minimum absolute atomic E-state index is 0.0785. The Bertz CT molecular complexity index is 472. The Labute approximate surface area is 112 Å². The van der Waals surface area contributed by atoms with Crippen molar-refractivity contribution in [1.29, 1.82) is 0 Å². The number of nitrogens with one attached hydrogen (secondary N) is 2. The molecule has 0 unspecified atom stereocenters. The van der Waals surface area contributed by atoms with Crippen molar-refractivity contribution in [3.05, 3.63) is 33.9 Å². The summed E-state index contributed by atoms with van der Waals surface area (Å²) in [4.78, 5) is 21.7. The molecule has 0 atom stereocenters. The van der Waals surface area contributed by atoms with Crippen LogP contribution >= 0.6 is 0 Å². The number of aryl methyl sites for hydroxylation is 1. The van der Waals surface area contributed by atoms with E-state index in [2.05, 4.69) is 10.6 Å². The standard InChI is InChI=1S/C13H19N3O3/c1-9(2)7-15-13(17)8-14-11-4-5-12(16(18)19)10(3)6-11/h4-6,9,14H,7-8H2,1-3H3,(H,15,17). The summed E-state index contributed by atoms with van der Waals surface area (Å²) in [6.07, 6.45) is 0. The lowest BCUT2D eigenvalue weighted by Gasteiger charge is -2.09. The minimum Gasteiger partial charge on any atom is -0.376 e. The summed E-state index contributed by atoms with van der Waals surface area (Å²) in [5.41, 5.74) is 1.34. The van der Waals surface area contributed by atoms with Crippen molar-refractivity contribution in [2.75, 3.05) is 18.4 Å². The van der Waals surface area contributed by atoms with Crippen LogP contribution in [0.5, 0.6) is 0 Å². The van der Waals surface area contributed by atoms with Crippen molar-refractivity contribution in [2.24, 2.45) is 5.92 Å². The maximum atomic E-state index is 11.5. The van der Waals surface area contributed by atoms with E-state index in [9.17, 15) is 14.9 Å². The van der Waals surface area contributed by atoms with Crippen LogP contribution in [0.25, 0.3) is 0 Å². The first kappa shape index (κ1) is 14.9.